The van der Waals surface area contributed by atoms with Gasteiger partial charge in [-0.15, -0.1) is 0 Å². The van der Waals surface area contributed by atoms with Gasteiger partial charge in [0.05, 0.1) is 18.9 Å². The van der Waals surface area contributed by atoms with Gasteiger partial charge in [-0.2, -0.15) is 0 Å². The Morgan fingerprint density at radius 3 is 2.81 bits per heavy atom. The third kappa shape index (κ3) is 2.34. The number of hydrogen-bond acceptors (Lipinski definition) is 5. The van der Waals surface area contributed by atoms with E-state index in [2.05, 4.69) is 20.9 Å². The molecule has 0 N–H and O–H groups in total. The Morgan fingerprint density at radius 2 is 1.90 bits per heavy atom. The molecule has 0 saturated carbocycles. The van der Waals surface area contributed by atoms with Crippen LogP contribution in [0.2, 0.25) is 0 Å². The lowest BCUT2D eigenvalue weighted by molar-refractivity contribution is 0.122. The number of ether oxygens (including phenoxy) is 2. The topological polar surface area (TPSA) is 47.5 Å². The van der Waals surface area contributed by atoms with Crippen molar-refractivity contribution in [2.24, 2.45) is 0 Å². The fourth-order valence-electron chi connectivity index (χ4n) is 2.92. The van der Waals surface area contributed by atoms with E-state index in [9.17, 15) is 0 Å². The van der Waals surface area contributed by atoms with Crippen LogP contribution in [0.15, 0.2) is 30.6 Å². The van der Waals surface area contributed by atoms with Gasteiger partial charge in [0, 0.05) is 25.1 Å². The Kier molecular flexibility index (Phi) is 3.20. The van der Waals surface area contributed by atoms with E-state index < -0.39 is 0 Å². The molecule has 2 aliphatic heterocycles. The Balaban J connectivity index is 1.76. The number of hydrogen-bond donors (Lipinski definition) is 0. The average Bonchev–Trinajstić information content (AvgIpc) is 2.74. The van der Waals surface area contributed by atoms with Crippen molar-refractivity contribution in [2.45, 2.75) is 13.0 Å². The van der Waals surface area contributed by atoms with Gasteiger partial charge >= 0.3 is 0 Å². The number of anilines is 1. The van der Waals surface area contributed by atoms with Crippen LogP contribution < -0.4 is 9.64 Å². The Labute approximate surface area is 123 Å². The normalized spacial score (nSPS) is 17.4. The zero-order chi connectivity index (χ0) is 14.1. The highest BCUT2D eigenvalue weighted by Crippen LogP contribution is 2.31. The highest BCUT2D eigenvalue weighted by atomic mass is 16.5. The maximum absolute atomic E-state index is 5.88. The molecule has 1 aromatic carbocycles. The summed E-state index contributed by atoms with van der Waals surface area (Å²) in [6, 6.07) is 8.18. The molecule has 1 saturated heterocycles. The summed E-state index contributed by atoms with van der Waals surface area (Å²) >= 11 is 0. The van der Waals surface area contributed by atoms with E-state index in [1.54, 1.807) is 6.33 Å². The lowest BCUT2D eigenvalue weighted by Gasteiger charge is -2.29. The Bertz CT molecular complexity index is 654. The third-order valence-corrected chi connectivity index (χ3v) is 4.03. The molecule has 0 spiro atoms. The monoisotopic (exact) mass is 283 g/mol. The van der Waals surface area contributed by atoms with Gasteiger partial charge < -0.3 is 14.4 Å². The quantitative estimate of drug-likeness (QED) is 0.798. The Hall–Kier alpha value is -2.14. The van der Waals surface area contributed by atoms with Crippen molar-refractivity contribution in [3.63, 3.8) is 0 Å². The summed E-state index contributed by atoms with van der Waals surface area (Å²) in [5.41, 5.74) is 3.37. The van der Waals surface area contributed by atoms with Crippen LogP contribution in [-0.4, -0.2) is 36.3 Å². The van der Waals surface area contributed by atoms with E-state index in [-0.39, 0.29) is 0 Å². The number of nitrogens with zero attached hydrogens (tertiary/aromatic N) is 3. The SMILES string of the molecule is c1ccc2c(c1)Cc1c(ncnc1N1CCOCC1)CO2. The molecule has 5 nitrogen and oxygen atoms in total. The van der Waals surface area contributed by atoms with Crippen LogP contribution in [0.3, 0.4) is 0 Å². The number of fused-ring (bicyclic) bond motifs is 2. The molecule has 0 unspecified atom stereocenters. The first-order valence-corrected chi connectivity index (χ1v) is 7.28. The van der Waals surface area contributed by atoms with Crippen LogP contribution >= 0.6 is 0 Å². The summed E-state index contributed by atoms with van der Waals surface area (Å²) in [5.74, 6) is 1.98. The molecular formula is C16H17N3O2. The van der Waals surface area contributed by atoms with Gasteiger partial charge in [-0.25, -0.2) is 9.97 Å². The van der Waals surface area contributed by atoms with E-state index in [0.717, 1.165) is 50.0 Å². The van der Waals surface area contributed by atoms with Crippen molar-refractivity contribution in [1.82, 2.24) is 9.97 Å². The fraction of sp³-hybridized carbons (Fsp3) is 0.375. The molecular weight excluding hydrogens is 266 g/mol. The first kappa shape index (κ1) is 12.6. The summed E-state index contributed by atoms with van der Waals surface area (Å²) in [7, 11) is 0. The van der Waals surface area contributed by atoms with Crippen LogP contribution in [0.4, 0.5) is 5.82 Å². The second-order valence-corrected chi connectivity index (χ2v) is 5.30. The molecule has 1 fully saturated rings. The molecule has 3 heterocycles. The van der Waals surface area contributed by atoms with Crippen molar-refractivity contribution in [3.05, 3.63) is 47.4 Å². The predicted octanol–water partition coefficient (Wildman–Crippen LogP) is 1.80. The molecule has 0 amide bonds. The van der Waals surface area contributed by atoms with Gasteiger partial charge in [-0.1, -0.05) is 18.2 Å². The lowest BCUT2D eigenvalue weighted by Crippen LogP contribution is -2.37. The minimum Gasteiger partial charge on any atom is -0.487 e. The van der Waals surface area contributed by atoms with Gasteiger partial charge in [-0.05, 0) is 11.6 Å². The molecule has 2 aromatic rings. The van der Waals surface area contributed by atoms with Crippen LogP contribution in [-0.2, 0) is 17.8 Å². The molecule has 5 heteroatoms. The van der Waals surface area contributed by atoms with E-state index in [1.807, 2.05) is 18.2 Å². The standard InChI is InChI=1S/C16H17N3O2/c1-2-4-15-12(3-1)9-13-14(10-21-15)17-11-18-16(13)19-5-7-20-8-6-19/h1-4,11H,5-10H2. The number of morpholine rings is 1. The first-order valence-electron chi connectivity index (χ1n) is 7.28. The van der Waals surface area contributed by atoms with E-state index >= 15 is 0 Å². The van der Waals surface area contributed by atoms with Crippen LogP contribution in [0.1, 0.15) is 16.8 Å². The van der Waals surface area contributed by atoms with Crippen LogP contribution in [0.5, 0.6) is 5.75 Å². The highest BCUT2D eigenvalue weighted by molar-refractivity contribution is 5.53. The van der Waals surface area contributed by atoms with Gasteiger partial charge in [0.25, 0.3) is 0 Å². The zero-order valence-electron chi connectivity index (χ0n) is 11.8. The van der Waals surface area contributed by atoms with Gasteiger partial charge in [0.15, 0.2) is 0 Å². The van der Waals surface area contributed by atoms with Crippen molar-refractivity contribution < 1.29 is 9.47 Å². The molecule has 4 rings (SSSR count). The molecule has 0 atom stereocenters. The first-order chi connectivity index (χ1) is 10.4. The molecule has 21 heavy (non-hydrogen) atoms. The zero-order valence-corrected chi connectivity index (χ0v) is 11.8. The number of benzene rings is 1. The minimum atomic E-state index is 0.506. The summed E-state index contributed by atoms with van der Waals surface area (Å²) < 4.78 is 11.3. The van der Waals surface area contributed by atoms with E-state index in [1.165, 1.54) is 11.1 Å². The second kappa shape index (κ2) is 5.33. The summed E-state index contributed by atoms with van der Waals surface area (Å²) in [6.07, 6.45) is 2.46. The third-order valence-electron chi connectivity index (χ3n) is 4.03. The molecule has 0 aliphatic carbocycles. The van der Waals surface area contributed by atoms with Crippen molar-refractivity contribution in [1.29, 1.82) is 0 Å². The molecule has 0 radical (unpaired) electrons. The summed E-state index contributed by atoms with van der Waals surface area (Å²) in [4.78, 5) is 11.2. The van der Waals surface area contributed by atoms with Crippen LogP contribution in [0, 0.1) is 0 Å². The predicted molar refractivity (Wildman–Crippen MR) is 78.6 cm³/mol. The largest absolute Gasteiger partial charge is 0.487 e. The number of rotatable bonds is 1. The van der Waals surface area contributed by atoms with Crippen molar-refractivity contribution >= 4 is 5.82 Å². The van der Waals surface area contributed by atoms with Gasteiger partial charge in [-0.3, -0.25) is 0 Å². The second-order valence-electron chi connectivity index (χ2n) is 5.30. The number of aromatic nitrogens is 2. The fourth-order valence-corrected chi connectivity index (χ4v) is 2.92. The van der Waals surface area contributed by atoms with Gasteiger partial charge in [0.2, 0.25) is 0 Å². The van der Waals surface area contributed by atoms with Crippen molar-refractivity contribution in [2.75, 3.05) is 31.2 Å². The lowest BCUT2D eigenvalue weighted by atomic mass is 10.0. The maximum atomic E-state index is 5.88. The van der Waals surface area contributed by atoms with Crippen LogP contribution in [0.25, 0.3) is 0 Å². The highest BCUT2D eigenvalue weighted by Gasteiger charge is 2.23. The Morgan fingerprint density at radius 1 is 1.05 bits per heavy atom. The molecule has 2 aliphatic rings. The number of para-hydroxylation sites is 1. The molecule has 0 bridgehead atoms. The maximum Gasteiger partial charge on any atom is 0.136 e. The summed E-state index contributed by atoms with van der Waals surface area (Å²) in [5, 5.41) is 0. The van der Waals surface area contributed by atoms with E-state index in [4.69, 9.17) is 9.47 Å². The smallest absolute Gasteiger partial charge is 0.136 e. The minimum absolute atomic E-state index is 0.506. The summed E-state index contributed by atoms with van der Waals surface area (Å²) in [6.45, 7) is 3.78. The molecule has 1 aromatic heterocycles. The average molecular weight is 283 g/mol. The molecule has 108 valence electrons. The van der Waals surface area contributed by atoms with Gasteiger partial charge in [0.1, 0.15) is 24.5 Å². The van der Waals surface area contributed by atoms with Crippen molar-refractivity contribution in [3.8, 4) is 5.75 Å². The van der Waals surface area contributed by atoms with E-state index in [0.29, 0.717) is 6.61 Å².